The van der Waals surface area contributed by atoms with Crippen LogP contribution in [0.5, 0.6) is 5.75 Å². The summed E-state index contributed by atoms with van der Waals surface area (Å²) >= 11 is 5.62. The van der Waals surface area contributed by atoms with Crippen LogP contribution in [0.2, 0.25) is 0 Å². The third-order valence-corrected chi connectivity index (χ3v) is 6.52. The van der Waals surface area contributed by atoms with Crippen LogP contribution in [0.1, 0.15) is 24.0 Å². The number of fused-ring (bicyclic) bond motifs is 2. The fraction of sp³-hybridized carbons (Fsp3) is 0.360. The van der Waals surface area contributed by atoms with Crippen molar-refractivity contribution in [3.05, 3.63) is 71.9 Å². The summed E-state index contributed by atoms with van der Waals surface area (Å²) in [5.74, 6) is 0.824. The third kappa shape index (κ3) is 4.45. The minimum absolute atomic E-state index is 0.547. The lowest BCUT2D eigenvalue weighted by Crippen LogP contribution is -2.46. The topological polar surface area (TPSA) is 40.7 Å². The molecule has 1 unspecified atom stereocenters. The van der Waals surface area contributed by atoms with Crippen LogP contribution < -0.4 is 4.74 Å². The summed E-state index contributed by atoms with van der Waals surface area (Å²) in [6, 6.07) is 16.6. The number of hydrogen-bond donors (Lipinski definition) is 1. The summed E-state index contributed by atoms with van der Waals surface area (Å²) < 4.78 is 10.7. The van der Waals surface area contributed by atoms with E-state index < -0.39 is 6.29 Å². The highest BCUT2D eigenvalue weighted by atomic mass is 35.5. The van der Waals surface area contributed by atoms with Gasteiger partial charge in [0.05, 0.1) is 17.6 Å². The summed E-state index contributed by atoms with van der Waals surface area (Å²) in [6.07, 6.45) is 7.17. The normalized spacial score (nSPS) is 19.2. The molecule has 31 heavy (non-hydrogen) atoms. The number of benzene rings is 2. The highest BCUT2D eigenvalue weighted by molar-refractivity contribution is 6.07. The van der Waals surface area contributed by atoms with Crippen molar-refractivity contribution in [3.63, 3.8) is 0 Å². The van der Waals surface area contributed by atoms with Crippen molar-refractivity contribution >= 4 is 28.5 Å². The molecule has 0 aliphatic carbocycles. The monoisotopic (exact) mass is 437 g/mol. The van der Waals surface area contributed by atoms with Crippen molar-refractivity contribution in [2.24, 2.45) is 0 Å². The van der Waals surface area contributed by atoms with Gasteiger partial charge in [0.25, 0.3) is 0 Å². The summed E-state index contributed by atoms with van der Waals surface area (Å²) in [7, 11) is 0. The standard InChI is InChI=1S/C25H28ClN3O2/c26-31-25-17-23(21-9-2-4-11-24(21)30-25)29-15-13-28(14-16-29)12-6-5-7-19-18-27-22-10-3-1-8-20(19)22/h1-4,8-11,17-18,25,27H,5-7,12-16H2. The average molecular weight is 438 g/mol. The van der Waals surface area contributed by atoms with Crippen LogP contribution in [-0.2, 0) is 10.7 Å². The van der Waals surface area contributed by atoms with Crippen LogP contribution >= 0.6 is 11.9 Å². The van der Waals surface area contributed by atoms with E-state index in [-0.39, 0.29) is 0 Å². The molecule has 5 nitrogen and oxygen atoms in total. The van der Waals surface area contributed by atoms with Crippen molar-refractivity contribution in [2.75, 3.05) is 32.7 Å². The van der Waals surface area contributed by atoms with E-state index in [1.54, 1.807) is 0 Å². The zero-order valence-corrected chi connectivity index (χ0v) is 18.4. The Morgan fingerprint density at radius 1 is 1.00 bits per heavy atom. The predicted octanol–water partition coefficient (Wildman–Crippen LogP) is 5.04. The molecule has 1 N–H and O–H groups in total. The first-order chi connectivity index (χ1) is 15.3. The Morgan fingerprint density at radius 2 is 1.81 bits per heavy atom. The number of aryl methyl sites for hydroxylation is 1. The molecule has 0 radical (unpaired) electrons. The van der Waals surface area contributed by atoms with E-state index in [1.807, 2.05) is 24.3 Å². The molecule has 1 aromatic heterocycles. The Balaban J connectivity index is 1.12. The van der Waals surface area contributed by atoms with Gasteiger partial charge in [-0.3, -0.25) is 4.90 Å². The first-order valence-electron chi connectivity index (χ1n) is 11.1. The van der Waals surface area contributed by atoms with E-state index in [4.69, 9.17) is 20.9 Å². The number of piperazine rings is 1. The van der Waals surface area contributed by atoms with Crippen LogP contribution in [0.25, 0.3) is 16.6 Å². The number of H-pyrrole nitrogens is 1. The Labute approximate surface area is 188 Å². The van der Waals surface area contributed by atoms with Crippen LogP contribution in [0.3, 0.4) is 0 Å². The van der Waals surface area contributed by atoms with Gasteiger partial charge in [0.2, 0.25) is 6.29 Å². The first kappa shape index (κ1) is 20.4. The van der Waals surface area contributed by atoms with Crippen LogP contribution in [-0.4, -0.2) is 53.8 Å². The van der Waals surface area contributed by atoms with Crippen LogP contribution in [0, 0.1) is 0 Å². The average Bonchev–Trinajstić information content (AvgIpc) is 3.24. The molecular weight excluding hydrogens is 410 g/mol. The van der Waals surface area contributed by atoms with Crippen LogP contribution in [0.15, 0.2) is 60.8 Å². The van der Waals surface area contributed by atoms with E-state index in [1.165, 1.54) is 29.3 Å². The minimum Gasteiger partial charge on any atom is -0.459 e. The van der Waals surface area contributed by atoms with Crippen molar-refractivity contribution in [3.8, 4) is 5.75 Å². The lowest BCUT2D eigenvalue weighted by Gasteiger charge is -2.39. The Hall–Kier alpha value is -2.47. The molecule has 2 aliphatic heterocycles. The highest BCUT2D eigenvalue weighted by Gasteiger charge is 2.26. The zero-order chi connectivity index (χ0) is 21.0. The number of aromatic nitrogens is 1. The molecule has 3 aromatic rings. The van der Waals surface area contributed by atoms with E-state index >= 15 is 0 Å². The molecular formula is C25H28ClN3O2. The number of para-hydroxylation sites is 2. The quantitative estimate of drug-likeness (QED) is 0.526. The molecule has 2 aliphatic rings. The van der Waals surface area contributed by atoms with Gasteiger partial charge in [-0.25, -0.2) is 4.29 Å². The molecule has 0 bridgehead atoms. The van der Waals surface area contributed by atoms with Crippen molar-refractivity contribution < 1.29 is 9.03 Å². The number of aromatic amines is 1. The van der Waals surface area contributed by atoms with Crippen molar-refractivity contribution in [1.82, 2.24) is 14.8 Å². The van der Waals surface area contributed by atoms with E-state index in [0.717, 1.165) is 56.2 Å². The maximum atomic E-state index is 5.78. The summed E-state index contributed by atoms with van der Waals surface area (Å²) in [4.78, 5) is 8.38. The van der Waals surface area contributed by atoms with Crippen LogP contribution in [0.4, 0.5) is 0 Å². The molecule has 3 heterocycles. The molecule has 6 heteroatoms. The van der Waals surface area contributed by atoms with Gasteiger partial charge >= 0.3 is 0 Å². The largest absolute Gasteiger partial charge is 0.459 e. The highest BCUT2D eigenvalue weighted by Crippen LogP contribution is 2.34. The summed E-state index contributed by atoms with van der Waals surface area (Å²) in [5.41, 5.74) is 4.94. The van der Waals surface area contributed by atoms with Crippen molar-refractivity contribution in [1.29, 1.82) is 0 Å². The predicted molar refractivity (Wildman–Crippen MR) is 125 cm³/mol. The maximum absolute atomic E-state index is 5.78. The number of halogens is 1. The van der Waals surface area contributed by atoms with Gasteiger partial charge in [-0.2, -0.15) is 0 Å². The third-order valence-electron chi connectivity index (χ3n) is 6.35. The fourth-order valence-corrected chi connectivity index (χ4v) is 4.77. The molecule has 0 amide bonds. The molecule has 1 fully saturated rings. The van der Waals surface area contributed by atoms with Gasteiger partial charge in [0, 0.05) is 54.9 Å². The second-order valence-electron chi connectivity index (χ2n) is 8.27. The summed E-state index contributed by atoms with van der Waals surface area (Å²) in [6.45, 7) is 5.29. The molecule has 0 saturated carbocycles. The first-order valence-corrected chi connectivity index (χ1v) is 11.4. The van der Waals surface area contributed by atoms with Gasteiger partial charge < -0.3 is 14.6 Å². The maximum Gasteiger partial charge on any atom is 0.240 e. The summed E-state index contributed by atoms with van der Waals surface area (Å²) in [5, 5.41) is 1.36. The lowest BCUT2D eigenvalue weighted by atomic mass is 10.1. The van der Waals surface area contributed by atoms with E-state index in [0.29, 0.717) is 0 Å². The zero-order valence-electron chi connectivity index (χ0n) is 17.6. The number of hydrogen-bond acceptors (Lipinski definition) is 4. The van der Waals surface area contributed by atoms with E-state index in [2.05, 4.69) is 51.3 Å². The SMILES string of the molecule is ClOC1C=C(N2CCN(CCCCc3c[nH]c4ccccc34)CC2)c2ccccc2O1. The molecule has 1 atom stereocenters. The van der Waals surface area contributed by atoms with E-state index in [9.17, 15) is 0 Å². The van der Waals surface area contributed by atoms with Gasteiger partial charge in [-0.05, 0) is 49.6 Å². The Bertz CT molecular complexity index is 1060. The second-order valence-corrected chi connectivity index (χ2v) is 8.45. The molecule has 0 spiro atoms. The second kappa shape index (κ2) is 9.35. The molecule has 2 aromatic carbocycles. The van der Waals surface area contributed by atoms with Gasteiger partial charge in [0.15, 0.2) is 0 Å². The minimum atomic E-state index is -0.547. The number of ether oxygens (including phenoxy) is 1. The number of rotatable bonds is 7. The van der Waals surface area contributed by atoms with Crippen molar-refractivity contribution in [2.45, 2.75) is 25.6 Å². The Morgan fingerprint density at radius 3 is 2.68 bits per heavy atom. The van der Waals surface area contributed by atoms with Gasteiger partial charge in [-0.1, -0.05) is 30.3 Å². The van der Waals surface area contributed by atoms with Gasteiger partial charge in [0.1, 0.15) is 5.75 Å². The lowest BCUT2D eigenvalue weighted by molar-refractivity contribution is 0.0513. The number of nitrogens with zero attached hydrogens (tertiary/aromatic N) is 2. The molecule has 1 saturated heterocycles. The number of unbranched alkanes of at least 4 members (excludes halogenated alkanes) is 1. The molecule has 5 rings (SSSR count). The smallest absolute Gasteiger partial charge is 0.240 e. The molecule has 162 valence electrons. The Kier molecular flexibility index (Phi) is 6.16. The number of nitrogens with one attached hydrogen (secondary N) is 1. The fourth-order valence-electron chi connectivity index (χ4n) is 4.68. The van der Waals surface area contributed by atoms with Gasteiger partial charge in [-0.15, -0.1) is 0 Å².